The van der Waals surface area contributed by atoms with Gasteiger partial charge in [0.05, 0.1) is 11.5 Å². The molecule has 1 amide bonds. The van der Waals surface area contributed by atoms with Crippen LogP contribution in [0.3, 0.4) is 0 Å². The van der Waals surface area contributed by atoms with E-state index in [9.17, 15) is 9.18 Å². The van der Waals surface area contributed by atoms with Gasteiger partial charge in [0.25, 0.3) is 5.91 Å². The van der Waals surface area contributed by atoms with Crippen LogP contribution in [0.25, 0.3) is 10.1 Å². The van der Waals surface area contributed by atoms with Crippen molar-refractivity contribution in [2.24, 2.45) is 0 Å². The molecule has 1 aromatic heterocycles. The Labute approximate surface area is 121 Å². The molecular weight excluding hydrogens is 277 g/mol. The number of carbonyl (C=O) groups is 1. The number of carbonyl (C=O) groups excluding carboxylic acids is 1. The van der Waals surface area contributed by atoms with E-state index in [0.29, 0.717) is 18.0 Å². The zero-order valence-corrected chi connectivity index (χ0v) is 12.3. The molecule has 0 aliphatic heterocycles. The molecule has 0 fully saturated rings. The summed E-state index contributed by atoms with van der Waals surface area (Å²) in [6.07, 6.45) is 1.90. The lowest BCUT2D eigenvalue weighted by Crippen LogP contribution is -2.33. The van der Waals surface area contributed by atoms with Gasteiger partial charge in [-0.2, -0.15) is 0 Å². The first kappa shape index (κ1) is 14.9. The number of nitrogens with zero attached hydrogens (tertiary/aromatic N) is 1. The highest BCUT2D eigenvalue weighted by molar-refractivity contribution is 7.20. The van der Waals surface area contributed by atoms with Gasteiger partial charge in [-0.15, -0.1) is 11.3 Å². The Bertz CT molecular complexity index is 597. The highest BCUT2D eigenvalue weighted by Crippen LogP contribution is 2.27. The van der Waals surface area contributed by atoms with E-state index in [0.717, 1.165) is 22.9 Å². The third-order valence-electron chi connectivity index (χ3n) is 3.13. The lowest BCUT2D eigenvalue weighted by atomic mass is 10.2. The van der Waals surface area contributed by atoms with Crippen LogP contribution >= 0.6 is 11.3 Å². The molecule has 0 saturated carbocycles. The Morgan fingerprint density at radius 3 is 2.85 bits per heavy atom. The fraction of sp³-hybridized carbons (Fsp3) is 0.400. The Morgan fingerprint density at radius 1 is 1.35 bits per heavy atom. The fourth-order valence-electron chi connectivity index (χ4n) is 2.05. The summed E-state index contributed by atoms with van der Waals surface area (Å²) >= 11 is 1.29. The van der Waals surface area contributed by atoms with Gasteiger partial charge < -0.3 is 10.0 Å². The maximum atomic E-state index is 13.2. The molecular formula is C15H18FNO2S. The third-order valence-corrected chi connectivity index (χ3v) is 4.22. The van der Waals surface area contributed by atoms with Crippen LogP contribution in [0.1, 0.15) is 29.4 Å². The van der Waals surface area contributed by atoms with Crippen molar-refractivity contribution in [2.45, 2.75) is 19.8 Å². The molecule has 1 aromatic carbocycles. The van der Waals surface area contributed by atoms with Crippen molar-refractivity contribution in [3.8, 4) is 0 Å². The number of halogens is 1. The van der Waals surface area contributed by atoms with Gasteiger partial charge in [-0.25, -0.2) is 4.39 Å². The molecule has 0 radical (unpaired) electrons. The maximum absolute atomic E-state index is 13.2. The first-order chi connectivity index (χ1) is 9.65. The minimum Gasteiger partial charge on any atom is -0.395 e. The summed E-state index contributed by atoms with van der Waals surface area (Å²) in [6.45, 7) is 2.98. The molecule has 0 unspecified atom stereocenters. The fourth-order valence-corrected chi connectivity index (χ4v) is 3.11. The average molecular weight is 295 g/mol. The molecule has 0 spiro atoms. The number of aliphatic hydroxyl groups excluding tert-OH is 1. The van der Waals surface area contributed by atoms with Gasteiger partial charge >= 0.3 is 0 Å². The van der Waals surface area contributed by atoms with Crippen molar-refractivity contribution in [1.29, 1.82) is 0 Å². The molecule has 0 saturated heterocycles. The summed E-state index contributed by atoms with van der Waals surface area (Å²) in [5, 5.41) is 9.94. The summed E-state index contributed by atoms with van der Waals surface area (Å²) in [4.78, 5) is 14.7. The van der Waals surface area contributed by atoms with Crippen molar-refractivity contribution in [2.75, 3.05) is 19.7 Å². The summed E-state index contributed by atoms with van der Waals surface area (Å²) in [6, 6.07) is 6.31. The highest BCUT2D eigenvalue weighted by atomic mass is 32.1. The second-order valence-electron chi connectivity index (χ2n) is 4.66. The zero-order chi connectivity index (χ0) is 14.5. The van der Waals surface area contributed by atoms with E-state index in [2.05, 4.69) is 6.92 Å². The monoisotopic (exact) mass is 295 g/mol. The number of thiophene rings is 1. The van der Waals surface area contributed by atoms with E-state index in [1.165, 1.54) is 23.5 Å². The maximum Gasteiger partial charge on any atom is 0.264 e. The smallest absolute Gasteiger partial charge is 0.264 e. The minimum atomic E-state index is -0.295. The lowest BCUT2D eigenvalue weighted by Gasteiger charge is -2.20. The van der Waals surface area contributed by atoms with Crippen LogP contribution in [0.5, 0.6) is 0 Å². The average Bonchev–Trinajstić information content (AvgIpc) is 2.85. The van der Waals surface area contributed by atoms with Crippen LogP contribution in [0.4, 0.5) is 4.39 Å². The summed E-state index contributed by atoms with van der Waals surface area (Å²) in [5.74, 6) is -0.384. The van der Waals surface area contributed by atoms with Gasteiger partial charge in [-0.05, 0) is 30.0 Å². The van der Waals surface area contributed by atoms with Gasteiger partial charge in [-0.3, -0.25) is 4.79 Å². The second-order valence-corrected chi connectivity index (χ2v) is 5.75. The Hall–Kier alpha value is -1.46. The highest BCUT2D eigenvalue weighted by Gasteiger charge is 2.17. The molecule has 2 rings (SSSR count). The normalized spacial score (nSPS) is 10.9. The SMILES string of the molecule is CCCCN(CCO)C(=O)c1cc2ccc(F)cc2s1. The second kappa shape index (κ2) is 6.81. The first-order valence-corrected chi connectivity index (χ1v) is 7.56. The molecule has 0 aliphatic rings. The molecule has 1 N–H and O–H groups in total. The third kappa shape index (κ3) is 3.35. The van der Waals surface area contributed by atoms with E-state index in [-0.39, 0.29) is 18.3 Å². The Balaban J connectivity index is 2.23. The van der Waals surface area contributed by atoms with Crippen LogP contribution in [-0.2, 0) is 0 Å². The minimum absolute atomic E-state index is 0.0466. The van der Waals surface area contributed by atoms with Crippen molar-refractivity contribution >= 4 is 27.3 Å². The van der Waals surface area contributed by atoms with Gasteiger partial charge in [0.2, 0.25) is 0 Å². The number of amides is 1. The molecule has 2 aromatic rings. The number of fused-ring (bicyclic) bond motifs is 1. The van der Waals surface area contributed by atoms with Crippen LogP contribution in [0.15, 0.2) is 24.3 Å². The number of benzene rings is 1. The van der Waals surface area contributed by atoms with Crippen molar-refractivity contribution in [3.63, 3.8) is 0 Å². The van der Waals surface area contributed by atoms with E-state index in [4.69, 9.17) is 5.11 Å². The number of hydrogen-bond donors (Lipinski definition) is 1. The first-order valence-electron chi connectivity index (χ1n) is 6.75. The molecule has 1 heterocycles. The molecule has 108 valence electrons. The van der Waals surface area contributed by atoms with Crippen molar-refractivity contribution in [1.82, 2.24) is 4.90 Å². The van der Waals surface area contributed by atoms with Gasteiger partial charge in [0.1, 0.15) is 5.82 Å². The van der Waals surface area contributed by atoms with Gasteiger partial charge in [0, 0.05) is 17.8 Å². The van der Waals surface area contributed by atoms with Crippen LogP contribution in [0, 0.1) is 5.82 Å². The van der Waals surface area contributed by atoms with Crippen molar-refractivity contribution < 1.29 is 14.3 Å². The van der Waals surface area contributed by atoms with Crippen molar-refractivity contribution in [3.05, 3.63) is 35.0 Å². The molecule has 5 heteroatoms. The van der Waals surface area contributed by atoms with E-state index >= 15 is 0 Å². The predicted octanol–water partition coefficient (Wildman–Crippen LogP) is 3.28. The summed E-state index contributed by atoms with van der Waals surface area (Å²) in [5.41, 5.74) is 0. The molecule has 0 bridgehead atoms. The number of aliphatic hydroxyl groups is 1. The number of rotatable bonds is 6. The molecule has 0 atom stereocenters. The summed E-state index contributed by atoms with van der Waals surface area (Å²) < 4.78 is 13.9. The topological polar surface area (TPSA) is 40.5 Å². The quantitative estimate of drug-likeness (QED) is 0.888. The predicted molar refractivity (Wildman–Crippen MR) is 79.7 cm³/mol. The number of unbranched alkanes of at least 4 members (excludes halogenated alkanes) is 1. The Kier molecular flexibility index (Phi) is 5.09. The zero-order valence-electron chi connectivity index (χ0n) is 11.4. The molecule has 0 aliphatic carbocycles. The van der Waals surface area contributed by atoms with Gasteiger partial charge in [0.15, 0.2) is 0 Å². The summed E-state index contributed by atoms with van der Waals surface area (Å²) in [7, 11) is 0. The van der Waals surface area contributed by atoms with E-state index in [1.54, 1.807) is 17.0 Å². The van der Waals surface area contributed by atoms with Gasteiger partial charge in [-0.1, -0.05) is 19.4 Å². The van der Waals surface area contributed by atoms with E-state index in [1.807, 2.05) is 0 Å². The largest absolute Gasteiger partial charge is 0.395 e. The van der Waals surface area contributed by atoms with Crippen LogP contribution < -0.4 is 0 Å². The number of hydrogen-bond acceptors (Lipinski definition) is 3. The lowest BCUT2D eigenvalue weighted by molar-refractivity contribution is 0.0724. The Morgan fingerprint density at radius 2 is 2.15 bits per heavy atom. The molecule has 3 nitrogen and oxygen atoms in total. The standard InChI is InChI=1S/C15H18FNO2S/c1-2-3-6-17(7-8-18)15(19)14-9-11-4-5-12(16)10-13(11)20-14/h4-5,9-10,18H,2-3,6-8H2,1H3. The van der Waals surface area contributed by atoms with Crippen LogP contribution in [0.2, 0.25) is 0 Å². The van der Waals surface area contributed by atoms with Crippen LogP contribution in [-0.4, -0.2) is 35.6 Å². The van der Waals surface area contributed by atoms with E-state index < -0.39 is 0 Å². The molecule has 20 heavy (non-hydrogen) atoms.